The van der Waals surface area contributed by atoms with Crippen LogP contribution in [-0.4, -0.2) is 24.6 Å². The molecule has 4 heteroatoms. The van der Waals surface area contributed by atoms with Gasteiger partial charge in [-0.1, -0.05) is 33.1 Å². The molecule has 0 saturated carbocycles. The van der Waals surface area contributed by atoms with Crippen LogP contribution in [0.1, 0.15) is 46.0 Å². The maximum absolute atomic E-state index is 4.18. The van der Waals surface area contributed by atoms with E-state index >= 15 is 0 Å². The monoisotopic (exact) mass is 284 g/mol. The van der Waals surface area contributed by atoms with Gasteiger partial charge in [-0.2, -0.15) is 0 Å². The van der Waals surface area contributed by atoms with E-state index in [4.69, 9.17) is 0 Å². The van der Waals surface area contributed by atoms with Crippen molar-refractivity contribution in [1.29, 1.82) is 0 Å². The maximum Gasteiger partial charge on any atom is 0.0946 e. The number of thioether (sulfide) groups is 2. The summed E-state index contributed by atoms with van der Waals surface area (Å²) in [4.78, 5) is 4.18. The smallest absolute Gasteiger partial charge is 0.0946 e. The molecule has 2 unspecified atom stereocenters. The summed E-state index contributed by atoms with van der Waals surface area (Å²) >= 11 is 4.37. The molecule has 1 aliphatic heterocycles. The topological polar surface area (TPSA) is 17.8 Å². The Bertz CT molecular complexity index is 340. The van der Waals surface area contributed by atoms with Gasteiger partial charge in [0.15, 0.2) is 0 Å². The lowest BCUT2D eigenvalue weighted by Crippen LogP contribution is -2.33. The first-order chi connectivity index (χ1) is 8.74. The summed E-state index contributed by atoms with van der Waals surface area (Å²) in [7, 11) is 0. The van der Waals surface area contributed by atoms with Crippen molar-refractivity contribution in [1.82, 2.24) is 9.55 Å². The Balaban J connectivity index is 2.01. The third kappa shape index (κ3) is 3.95. The van der Waals surface area contributed by atoms with Crippen molar-refractivity contribution in [3.8, 4) is 0 Å². The van der Waals surface area contributed by atoms with Crippen LogP contribution >= 0.6 is 23.5 Å². The van der Waals surface area contributed by atoms with Crippen molar-refractivity contribution in [2.45, 2.75) is 61.8 Å². The van der Waals surface area contributed by atoms with Gasteiger partial charge in [-0.3, -0.25) is 0 Å². The van der Waals surface area contributed by atoms with Crippen molar-refractivity contribution in [3.63, 3.8) is 0 Å². The van der Waals surface area contributed by atoms with Gasteiger partial charge in [0.2, 0.25) is 0 Å². The quantitative estimate of drug-likeness (QED) is 0.720. The first-order valence-corrected chi connectivity index (χ1v) is 8.88. The van der Waals surface area contributed by atoms with Gasteiger partial charge in [-0.15, -0.1) is 23.5 Å². The average molecular weight is 284 g/mol. The standard InChI is InChI=1S/C14H24N2S2/c1-3-4-5-7-14(11-16-9-8-15-12-16)17-10-6-13(2)18-14/h8-9,12-13H,3-7,10-11H2,1-2H3. The van der Waals surface area contributed by atoms with E-state index in [1.54, 1.807) is 0 Å². The summed E-state index contributed by atoms with van der Waals surface area (Å²) in [5.74, 6) is 1.31. The minimum absolute atomic E-state index is 0.382. The Labute approximate surface area is 119 Å². The van der Waals surface area contributed by atoms with Crippen molar-refractivity contribution in [2.24, 2.45) is 0 Å². The van der Waals surface area contributed by atoms with Gasteiger partial charge in [0.1, 0.15) is 0 Å². The summed E-state index contributed by atoms with van der Waals surface area (Å²) in [5, 5.41) is 0.802. The second kappa shape index (κ2) is 6.90. The SMILES string of the molecule is CCCCCC1(Cn2ccnc2)SCCC(C)S1. The molecule has 0 amide bonds. The fraction of sp³-hybridized carbons (Fsp3) is 0.786. The van der Waals surface area contributed by atoms with Crippen LogP contribution in [-0.2, 0) is 6.54 Å². The highest BCUT2D eigenvalue weighted by Gasteiger charge is 2.36. The van der Waals surface area contributed by atoms with Crippen LogP contribution in [0.2, 0.25) is 0 Å². The molecule has 0 bridgehead atoms. The number of aromatic nitrogens is 2. The van der Waals surface area contributed by atoms with E-state index in [1.165, 1.54) is 37.9 Å². The Hall–Kier alpha value is -0.0900. The normalized spacial score (nSPS) is 28.4. The molecule has 0 spiro atoms. The molecule has 1 aromatic rings. The molecule has 1 saturated heterocycles. The zero-order valence-corrected chi connectivity index (χ0v) is 13.1. The number of imidazole rings is 1. The van der Waals surface area contributed by atoms with Crippen molar-refractivity contribution in [2.75, 3.05) is 5.75 Å². The molecular formula is C14H24N2S2. The third-order valence-corrected chi connectivity index (χ3v) is 6.79. The van der Waals surface area contributed by atoms with Crippen LogP contribution in [0.5, 0.6) is 0 Å². The second-order valence-electron chi connectivity index (χ2n) is 5.17. The molecule has 18 heavy (non-hydrogen) atoms. The molecule has 0 aromatic carbocycles. The van der Waals surface area contributed by atoms with Gasteiger partial charge in [0.05, 0.1) is 10.4 Å². The lowest BCUT2D eigenvalue weighted by molar-refractivity contribution is 0.546. The van der Waals surface area contributed by atoms with Gasteiger partial charge in [0, 0.05) is 24.2 Å². The zero-order valence-electron chi connectivity index (χ0n) is 11.5. The van der Waals surface area contributed by atoms with Crippen LogP contribution < -0.4 is 0 Å². The predicted octanol–water partition coefficient (Wildman–Crippen LogP) is 4.42. The molecule has 2 nitrogen and oxygen atoms in total. The van der Waals surface area contributed by atoms with Crippen LogP contribution in [0.15, 0.2) is 18.7 Å². The van der Waals surface area contributed by atoms with E-state index in [0.717, 1.165) is 11.8 Å². The summed E-state index contributed by atoms with van der Waals surface area (Å²) in [6.45, 7) is 5.77. The van der Waals surface area contributed by atoms with Crippen molar-refractivity contribution >= 4 is 23.5 Å². The number of hydrogen-bond donors (Lipinski definition) is 0. The number of unbranched alkanes of at least 4 members (excludes halogenated alkanes) is 2. The molecular weight excluding hydrogens is 260 g/mol. The highest BCUT2D eigenvalue weighted by Crippen LogP contribution is 2.49. The molecule has 2 atom stereocenters. The summed E-state index contributed by atoms with van der Waals surface area (Å²) in [5.41, 5.74) is 0. The number of hydrogen-bond acceptors (Lipinski definition) is 3. The number of nitrogens with zero attached hydrogens (tertiary/aromatic N) is 2. The first kappa shape index (κ1) is 14.3. The Morgan fingerprint density at radius 1 is 1.44 bits per heavy atom. The zero-order chi connectivity index (χ0) is 12.8. The Morgan fingerprint density at radius 2 is 2.33 bits per heavy atom. The Morgan fingerprint density at radius 3 is 3.00 bits per heavy atom. The van der Waals surface area contributed by atoms with Gasteiger partial charge in [0.25, 0.3) is 0 Å². The largest absolute Gasteiger partial charge is 0.335 e. The molecule has 1 aromatic heterocycles. The third-order valence-electron chi connectivity index (χ3n) is 3.45. The van der Waals surface area contributed by atoms with Crippen molar-refractivity contribution < 1.29 is 0 Å². The van der Waals surface area contributed by atoms with E-state index in [-0.39, 0.29) is 0 Å². The van der Waals surface area contributed by atoms with Crippen molar-refractivity contribution in [3.05, 3.63) is 18.7 Å². The Kier molecular flexibility index (Phi) is 5.49. The van der Waals surface area contributed by atoms with E-state index in [1.807, 2.05) is 12.5 Å². The lowest BCUT2D eigenvalue weighted by Gasteiger charge is -2.39. The molecule has 1 aliphatic rings. The van der Waals surface area contributed by atoms with Crippen LogP contribution in [0.4, 0.5) is 0 Å². The minimum atomic E-state index is 0.382. The van der Waals surface area contributed by atoms with Gasteiger partial charge >= 0.3 is 0 Å². The maximum atomic E-state index is 4.18. The van der Waals surface area contributed by atoms with Gasteiger partial charge in [-0.25, -0.2) is 4.98 Å². The molecule has 2 heterocycles. The first-order valence-electron chi connectivity index (χ1n) is 7.01. The fourth-order valence-electron chi connectivity index (χ4n) is 2.47. The highest BCUT2D eigenvalue weighted by atomic mass is 32.2. The predicted molar refractivity (Wildman–Crippen MR) is 83.2 cm³/mol. The molecule has 1 fully saturated rings. The molecule has 0 N–H and O–H groups in total. The van der Waals surface area contributed by atoms with Crippen LogP contribution in [0, 0.1) is 0 Å². The fourth-order valence-corrected chi connectivity index (χ4v) is 6.46. The molecule has 2 rings (SSSR count). The lowest BCUT2D eigenvalue weighted by atomic mass is 10.1. The number of rotatable bonds is 6. The van der Waals surface area contributed by atoms with Gasteiger partial charge in [-0.05, 0) is 18.6 Å². The van der Waals surface area contributed by atoms with Crippen LogP contribution in [0.25, 0.3) is 0 Å². The van der Waals surface area contributed by atoms with E-state index in [0.29, 0.717) is 4.08 Å². The van der Waals surface area contributed by atoms with E-state index < -0.39 is 0 Å². The van der Waals surface area contributed by atoms with E-state index in [9.17, 15) is 0 Å². The minimum Gasteiger partial charge on any atom is -0.335 e. The second-order valence-corrected chi connectivity index (χ2v) is 8.73. The molecule has 0 aliphatic carbocycles. The summed E-state index contributed by atoms with van der Waals surface area (Å²) < 4.78 is 2.64. The highest BCUT2D eigenvalue weighted by molar-refractivity contribution is 8.19. The average Bonchev–Trinajstić information content (AvgIpc) is 2.82. The van der Waals surface area contributed by atoms with Gasteiger partial charge < -0.3 is 4.57 Å². The molecule has 0 radical (unpaired) electrons. The summed E-state index contributed by atoms with van der Waals surface area (Å²) in [6, 6.07) is 0. The summed E-state index contributed by atoms with van der Waals surface area (Å²) in [6.07, 6.45) is 12.7. The molecule has 102 valence electrons. The van der Waals surface area contributed by atoms with Crippen LogP contribution in [0.3, 0.4) is 0 Å². The van der Waals surface area contributed by atoms with E-state index in [2.05, 4.69) is 53.1 Å².